The molecule has 84 valence electrons. The average molecular weight is 210 g/mol. The SMILES string of the molecule is CON(C)c1cccc(OC(C)C)c1N. The minimum Gasteiger partial charge on any atom is -0.489 e. The molecule has 0 amide bonds. The molecule has 0 aliphatic rings. The van der Waals surface area contributed by atoms with Crippen LogP contribution in [0.2, 0.25) is 0 Å². The van der Waals surface area contributed by atoms with E-state index in [1.165, 1.54) is 0 Å². The molecule has 0 bridgehead atoms. The van der Waals surface area contributed by atoms with Gasteiger partial charge in [0.1, 0.15) is 11.4 Å². The van der Waals surface area contributed by atoms with E-state index in [9.17, 15) is 0 Å². The molecule has 1 aromatic rings. The number of para-hydroxylation sites is 1. The summed E-state index contributed by atoms with van der Waals surface area (Å²) in [5.41, 5.74) is 7.36. The van der Waals surface area contributed by atoms with E-state index in [0.717, 1.165) is 5.69 Å². The van der Waals surface area contributed by atoms with E-state index in [2.05, 4.69) is 0 Å². The molecule has 4 nitrogen and oxygen atoms in total. The van der Waals surface area contributed by atoms with Crippen molar-refractivity contribution in [1.82, 2.24) is 0 Å². The zero-order valence-corrected chi connectivity index (χ0v) is 9.65. The standard InChI is InChI=1S/C11H18N2O2/c1-8(2)15-10-7-5-6-9(11(10)12)13(3)14-4/h5-8H,12H2,1-4H3. The van der Waals surface area contributed by atoms with Crippen molar-refractivity contribution in [2.75, 3.05) is 25.0 Å². The van der Waals surface area contributed by atoms with Crippen LogP contribution in [0, 0.1) is 0 Å². The molecule has 0 aliphatic heterocycles. The monoisotopic (exact) mass is 210 g/mol. The number of hydrogen-bond acceptors (Lipinski definition) is 4. The average Bonchev–Trinajstić information content (AvgIpc) is 2.19. The van der Waals surface area contributed by atoms with E-state index < -0.39 is 0 Å². The van der Waals surface area contributed by atoms with Crippen molar-refractivity contribution < 1.29 is 9.57 Å². The van der Waals surface area contributed by atoms with Crippen molar-refractivity contribution in [3.05, 3.63) is 18.2 Å². The van der Waals surface area contributed by atoms with Gasteiger partial charge < -0.3 is 10.5 Å². The predicted octanol–water partition coefficient (Wildman–Crippen LogP) is 2.05. The van der Waals surface area contributed by atoms with Gasteiger partial charge in [-0.25, -0.2) is 0 Å². The molecule has 1 aromatic carbocycles. The van der Waals surface area contributed by atoms with Crippen LogP contribution in [-0.2, 0) is 4.84 Å². The second-order valence-electron chi connectivity index (χ2n) is 3.54. The smallest absolute Gasteiger partial charge is 0.144 e. The van der Waals surface area contributed by atoms with E-state index in [0.29, 0.717) is 11.4 Å². The van der Waals surface area contributed by atoms with Gasteiger partial charge in [0.15, 0.2) is 0 Å². The number of hydroxylamine groups is 1. The van der Waals surface area contributed by atoms with Gasteiger partial charge in [0.2, 0.25) is 0 Å². The Morgan fingerprint density at radius 2 is 2.00 bits per heavy atom. The molecular formula is C11H18N2O2. The molecule has 0 spiro atoms. The fourth-order valence-corrected chi connectivity index (χ4v) is 1.26. The molecule has 2 N–H and O–H groups in total. The molecule has 0 fully saturated rings. The Kier molecular flexibility index (Phi) is 3.80. The lowest BCUT2D eigenvalue weighted by molar-refractivity contribution is 0.184. The number of ether oxygens (including phenoxy) is 1. The summed E-state index contributed by atoms with van der Waals surface area (Å²) in [5, 5.41) is 1.60. The third-order valence-electron chi connectivity index (χ3n) is 2.02. The molecule has 0 saturated heterocycles. The first-order valence-corrected chi connectivity index (χ1v) is 4.89. The summed E-state index contributed by atoms with van der Waals surface area (Å²) in [6.45, 7) is 3.93. The Labute approximate surface area is 90.5 Å². The second-order valence-corrected chi connectivity index (χ2v) is 3.54. The van der Waals surface area contributed by atoms with Crippen LogP contribution in [0.5, 0.6) is 5.75 Å². The molecule has 0 aromatic heterocycles. The maximum atomic E-state index is 5.96. The molecule has 0 aliphatic carbocycles. The molecule has 0 heterocycles. The largest absolute Gasteiger partial charge is 0.489 e. The highest BCUT2D eigenvalue weighted by atomic mass is 16.7. The third-order valence-corrected chi connectivity index (χ3v) is 2.02. The van der Waals surface area contributed by atoms with Gasteiger partial charge in [-0.15, -0.1) is 0 Å². The first-order chi connectivity index (χ1) is 7.06. The van der Waals surface area contributed by atoms with Crippen molar-refractivity contribution in [3.8, 4) is 5.75 Å². The van der Waals surface area contributed by atoms with Crippen LogP contribution in [0.1, 0.15) is 13.8 Å². The van der Waals surface area contributed by atoms with E-state index >= 15 is 0 Å². The molecule has 0 atom stereocenters. The van der Waals surface area contributed by atoms with Crippen molar-refractivity contribution >= 4 is 11.4 Å². The zero-order chi connectivity index (χ0) is 11.4. The lowest BCUT2D eigenvalue weighted by Crippen LogP contribution is -2.17. The van der Waals surface area contributed by atoms with E-state index in [1.807, 2.05) is 32.0 Å². The summed E-state index contributed by atoms with van der Waals surface area (Å²) in [4.78, 5) is 5.07. The quantitative estimate of drug-likeness (QED) is 0.610. The fraction of sp³-hybridized carbons (Fsp3) is 0.455. The number of benzene rings is 1. The van der Waals surface area contributed by atoms with Gasteiger partial charge in [-0.05, 0) is 26.0 Å². The highest BCUT2D eigenvalue weighted by Gasteiger charge is 2.10. The number of nitrogens with two attached hydrogens (primary N) is 1. The predicted molar refractivity (Wildman–Crippen MR) is 62.0 cm³/mol. The molecule has 0 unspecified atom stereocenters. The number of hydrogen-bond donors (Lipinski definition) is 1. The first-order valence-electron chi connectivity index (χ1n) is 4.89. The lowest BCUT2D eigenvalue weighted by Gasteiger charge is -2.20. The van der Waals surface area contributed by atoms with Gasteiger partial charge in [0.05, 0.1) is 18.9 Å². The van der Waals surface area contributed by atoms with Crippen molar-refractivity contribution in [2.24, 2.45) is 0 Å². The van der Waals surface area contributed by atoms with Crippen molar-refractivity contribution in [3.63, 3.8) is 0 Å². The Balaban J connectivity index is 3.00. The molecular weight excluding hydrogens is 192 g/mol. The maximum absolute atomic E-state index is 5.96. The fourth-order valence-electron chi connectivity index (χ4n) is 1.26. The van der Waals surface area contributed by atoms with Gasteiger partial charge in [0.25, 0.3) is 0 Å². The second kappa shape index (κ2) is 4.89. The minimum absolute atomic E-state index is 0.107. The van der Waals surface area contributed by atoms with Crippen molar-refractivity contribution in [1.29, 1.82) is 0 Å². The third kappa shape index (κ3) is 2.76. The van der Waals surface area contributed by atoms with Crippen LogP contribution in [0.25, 0.3) is 0 Å². The molecule has 4 heteroatoms. The van der Waals surface area contributed by atoms with Crippen LogP contribution in [-0.4, -0.2) is 20.3 Å². The van der Waals surface area contributed by atoms with Gasteiger partial charge >= 0.3 is 0 Å². The highest BCUT2D eigenvalue weighted by molar-refractivity contribution is 5.72. The normalized spacial score (nSPS) is 10.5. The van der Waals surface area contributed by atoms with Crippen molar-refractivity contribution in [2.45, 2.75) is 20.0 Å². The van der Waals surface area contributed by atoms with E-state index in [4.69, 9.17) is 15.3 Å². The van der Waals surface area contributed by atoms with E-state index in [-0.39, 0.29) is 6.10 Å². The first kappa shape index (κ1) is 11.7. The number of nitrogen functional groups attached to an aromatic ring is 1. The van der Waals surface area contributed by atoms with Gasteiger partial charge in [-0.1, -0.05) is 6.07 Å². The van der Waals surface area contributed by atoms with Crippen LogP contribution in [0.4, 0.5) is 11.4 Å². The Morgan fingerprint density at radius 1 is 1.33 bits per heavy atom. The number of rotatable bonds is 4. The summed E-state index contributed by atoms with van der Waals surface area (Å²) in [6.07, 6.45) is 0.107. The summed E-state index contributed by atoms with van der Waals surface area (Å²) in [7, 11) is 3.39. The molecule has 15 heavy (non-hydrogen) atoms. The van der Waals surface area contributed by atoms with Gasteiger partial charge in [-0.3, -0.25) is 9.90 Å². The minimum atomic E-state index is 0.107. The van der Waals surface area contributed by atoms with Gasteiger partial charge in [-0.2, -0.15) is 0 Å². The zero-order valence-electron chi connectivity index (χ0n) is 9.65. The van der Waals surface area contributed by atoms with Crippen LogP contribution in [0.15, 0.2) is 18.2 Å². The molecule has 0 saturated carbocycles. The van der Waals surface area contributed by atoms with E-state index in [1.54, 1.807) is 19.2 Å². The Bertz CT molecular complexity index is 326. The van der Waals surface area contributed by atoms with Crippen LogP contribution < -0.4 is 15.5 Å². The van der Waals surface area contributed by atoms with Crippen LogP contribution in [0.3, 0.4) is 0 Å². The summed E-state index contributed by atoms with van der Waals surface area (Å²) < 4.78 is 5.57. The Hall–Kier alpha value is -1.42. The molecule has 1 rings (SSSR count). The van der Waals surface area contributed by atoms with Gasteiger partial charge in [0, 0.05) is 7.05 Å². The topological polar surface area (TPSA) is 47.7 Å². The molecule has 0 radical (unpaired) electrons. The maximum Gasteiger partial charge on any atom is 0.144 e. The lowest BCUT2D eigenvalue weighted by atomic mass is 10.2. The Morgan fingerprint density at radius 3 is 2.53 bits per heavy atom. The summed E-state index contributed by atoms with van der Waals surface area (Å²) in [6, 6.07) is 5.62. The van der Waals surface area contributed by atoms with Crippen LogP contribution >= 0.6 is 0 Å². The highest BCUT2D eigenvalue weighted by Crippen LogP contribution is 2.32. The number of nitrogens with zero attached hydrogens (tertiary/aromatic N) is 1. The number of anilines is 2. The summed E-state index contributed by atoms with van der Waals surface area (Å²) in [5.74, 6) is 0.686. The summed E-state index contributed by atoms with van der Waals surface area (Å²) >= 11 is 0.